The second kappa shape index (κ2) is 6.65. The first-order chi connectivity index (χ1) is 10.2. The van der Waals surface area contributed by atoms with Gasteiger partial charge in [-0.2, -0.15) is 0 Å². The molecule has 0 radical (unpaired) electrons. The van der Waals surface area contributed by atoms with Crippen molar-refractivity contribution in [2.45, 2.75) is 64.5 Å². The van der Waals surface area contributed by atoms with Gasteiger partial charge in [-0.15, -0.1) is 11.3 Å². The third-order valence-corrected chi connectivity index (χ3v) is 5.18. The molecular formula is C17H25N3S. The van der Waals surface area contributed by atoms with Crippen molar-refractivity contribution < 1.29 is 0 Å². The lowest BCUT2D eigenvalue weighted by Crippen LogP contribution is -2.22. The molecule has 1 fully saturated rings. The molecule has 2 aromatic heterocycles. The van der Waals surface area contributed by atoms with Gasteiger partial charge in [0.2, 0.25) is 5.95 Å². The highest BCUT2D eigenvalue weighted by Gasteiger charge is 2.19. The molecule has 1 atom stereocenters. The Bertz CT molecular complexity index is 553. The Labute approximate surface area is 131 Å². The number of hydrogen-bond acceptors (Lipinski definition) is 3. The standard InChI is InChI=1S/C17H25N3S/c1-13(11-16-9-6-10-21-16)18-17-19-14(2)12-20(17)15-7-4-3-5-8-15/h6,9-10,12-13,15H,3-5,7-8,11H2,1-2H3,(H,18,19). The van der Waals surface area contributed by atoms with Gasteiger partial charge in [0.15, 0.2) is 0 Å². The van der Waals surface area contributed by atoms with Crippen molar-refractivity contribution in [3.05, 3.63) is 34.3 Å². The number of imidazole rings is 1. The van der Waals surface area contributed by atoms with Crippen LogP contribution < -0.4 is 5.32 Å². The predicted molar refractivity (Wildman–Crippen MR) is 90.2 cm³/mol. The number of aryl methyl sites for hydroxylation is 1. The smallest absolute Gasteiger partial charge is 0.203 e. The second-order valence-electron chi connectivity index (χ2n) is 6.23. The van der Waals surface area contributed by atoms with Gasteiger partial charge in [-0.3, -0.25) is 0 Å². The summed E-state index contributed by atoms with van der Waals surface area (Å²) in [7, 11) is 0. The molecule has 1 N–H and O–H groups in total. The summed E-state index contributed by atoms with van der Waals surface area (Å²) in [5, 5.41) is 5.77. The van der Waals surface area contributed by atoms with E-state index in [9.17, 15) is 0 Å². The van der Waals surface area contributed by atoms with Crippen LogP contribution in [-0.2, 0) is 6.42 Å². The summed E-state index contributed by atoms with van der Waals surface area (Å²) in [6, 6.07) is 5.38. The van der Waals surface area contributed by atoms with Crippen LogP contribution in [0.25, 0.3) is 0 Å². The minimum Gasteiger partial charge on any atom is -0.353 e. The van der Waals surface area contributed by atoms with E-state index < -0.39 is 0 Å². The minimum atomic E-state index is 0.410. The van der Waals surface area contributed by atoms with Gasteiger partial charge in [-0.25, -0.2) is 4.98 Å². The Kier molecular flexibility index (Phi) is 4.63. The van der Waals surface area contributed by atoms with Crippen LogP contribution in [0.4, 0.5) is 5.95 Å². The van der Waals surface area contributed by atoms with E-state index in [0.717, 1.165) is 18.1 Å². The quantitative estimate of drug-likeness (QED) is 0.859. The maximum absolute atomic E-state index is 4.71. The molecule has 0 aromatic carbocycles. The van der Waals surface area contributed by atoms with Gasteiger partial charge in [0.05, 0.1) is 5.69 Å². The number of hydrogen-bond donors (Lipinski definition) is 1. The predicted octanol–water partition coefficient (Wildman–Crippen LogP) is 4.80. The monoisotopic (exact) mass is 303 g/mol. The van der Waals surface area contributed by atoms with Crippen molar-refractivity contribution >= 4 is 17.3 Å². The Morgan fingerprint density at radius 1 is 1.38 bits per heavy atom. The van der Waals surface area contributed by atoms with Crippen molar-refractivity contribution in [3.8, 4) is 0 Å². The van der Waals surface area contributed by atoms with Crippen molar-refractivity contribution in [2.24, 2.45) is 0 Å². The molecule has 2 heterocycles. The topological polar surface area (TPSA) is 29.9 Å². The van der Waals surface area contributed by atoms with Crippen molar-refractivity contribution in [3.63, 3.8) is 0 Å². The molecule has 0 bridgehead atoms. The molecule has 21 heavy (non-hydrogen) atoms. The zero-order valence-corrected chi connectivity index (χ0v) is 13.8. The Hall–Kier alpha value is -1.29. The van der Waals surface area contributed by atoms with Gasteiger partial charge < -0.3 is 9.88 Å². The van der Waals surface area contributed by atoms with Crippen LogP contribution in [0.15, 0.2) is 23.7 Å². The molecular weight excluding hydrogens is 278 g/mol. The average Bonchev–Trinajstić information content (AvgIpc) is 3.09. The number of rotatable bonds is 5. The number of anilines is 1. The van der Waals surface area contributed by atoms with E-state index in [0.29, 0.717) is 12.1 Å². The van der Waals surface area contributed by atoms with Gasteiger partial charge in [0, 0.05) is 29.6 Å². The van der Waals surface area contributed by atoms with E-state index >= 15 is 0 Å². The highest BCUT2D eigenvalue weighted by molar-refractivity contribution is 7.09. The maximum Gasteiger partial charge on any atom is 0.203 e. The lowest BCUT2D eigenvalue weighted by molar-refractivity contribution is 0.355. The SMILES string of the molecule is Cc1cn(C2CCCCC2)c(NC(C)Cc2cccs2)n1. The summed E-state index contributed by atoms with van der Waals surface area (Å²) >= 11 is 1.83. The molecule has 2 aromatic rings. The molecule has 3 nitrogen and oxygen atoms in total. The number of aromatic nitrogens is 2. The summed E-state index contributed by atoms with van der Waals surface area (Å²) in [6.45, 7) is 4.34. The van der Waals surface area contributed by atoms with Crippen LogP contribution in [0.3, 0.4) is 0 Å². The fraction of sp³-hybridized carbons (Fsp3) is 0.588. The first-order valence-corrected chi connectivity index (χ1v) is 8.95. The Morgan fingerprint density at radius 3 is 2.90 bits per heavy atom. The van der Waals surface area contributed by atoms with Gasteiger partial charge in [-0.1, -0.05) is 25.3 Å². The average molecular weight is 303 g/mol. The van der Waals surface area contributed by atoms with Crippen molar-refractivity contribution in [2.75, 3.05) is 5.32 Å². The van der Waals surface area contributed by atoms with E-state index in [4.69, 9.17) is 4.98 Å². The third kappa shape index (κ3) is 3.67. The highest BCUT2D eigenvalue weighted by Crippen LogP contribution is 2.31. The summed E-state index contributed by atoms with van der Waals surface area (Å²) in [4.78, 5) is 6.14. The summed E-state index contributed by atoms with van der Waals surface area (Å²) in [5.74, 6) is 1.06. The molecule has 3 rings (SSSR count). The molecule has 1 aliphatic carbocycles. The number of nitrogens with zero attached hydrogens (tertiary/aromatic N) is 2. The lowest BCUT2D eigenvalue weighted by atomic mass is 9.95. The van der Waals surface area contributed by atoms with E-state index in [1.54, 1.807) is 0 Å². The van der Waals surface area contributed by atoms with Gasteiger partial charge in [-0.05, 0) is 38.1 Å². The summed E-state index contributed by atoms with van der Waals surface area (Å²) < 4.78 is 2.39. The summed E-state index contributed by atoms with van der Waals surface area (Å²) in [5.41, 5.74) is 1.12. The lowest BCUT2D eigenvalue weighted by Gasteiger charge is -2.25. The molecule has 0 spiro atoms. The molecule has 4 heteroatoms. The van der Waals surface area contributed by atoms with Crippen molar-refractivity contribution in [1.29, 1.82) is 0 Å². The third-order valence-electron chi connectivity index (χ3n) is 4.28. The van der Waals surface area contributed by atoms with E-state index in [1.807, 2.05) is 11.3 Å². The first kappa shape index (κ1) is 14.6. The van der Waals surface area contributed by atoms with Gasteiger partial charge >= 0.3 is 0 Å². The highest BCUT2D eigenvalue weighted by atomic mass is 32.1. The normalized spacial score (nSPS) is 17.8. The van der Waals surface area contributed by atoms with Crippen LogP contribution in [0, 0.1) is 6.92 Å². The number of nitrogens with one attached hydrogen (secondary N) is 1. The fourth-order valence-corrected chi connectivity index (χ4v) is 4.10. The molecule has 0 aliphatic heterocycles. The molecule has 0 saturated heterocycles. The zero-order valence-electron chi connectivity index (χ0n) is 13.0. The molecule has 1 saturated carbocycles. The largest absolute Gasteiger partial charge is 0.353 e. The Balaban J connectivity index is 1.69. The number of thiophene rings is 1. The van der Waals surface area contributed by atoms with Gasteiger partial charge in [0.25, 0.3) is 0 Å². The van der Waals surface area contributed by atoms with Crippen LogP contribution in [0.5, 0.6) is 0 Å². The molecule has 1 unspecified atom stereocenters. The first-order valence-electron chi connectivity index (χ1n) is 8.07. The Morgan fingerprint density at radius 2 is 2.19 bits per heavy atom. The van der Waals surface area contributed by atoms with E-state index in [1.165, 1.54) is 37.0 Å². The zero-order chi connectivity index (χ0) is 14.7. The molecule has 0 amide bonds. The summed E-state index contributed by atoms with van der Waals surface area (Å²) in [6.07, 6.45) is 9.97. The van der Waals surface area contributed by atoms with Gasteiger partial charge in [0.1, 0.15) is 0 Å². The second-order valence-corrected chi connectivity index (χ2v) is 7.27. The molecule has 114 valence electrons. The minimum absolute atomic E-state index is 0.410. The maximum atomic E-state index is 4.71. The van der Waals surface area contributed by atoms with Crippen LogP contribution >= 0.6 is 11.3 Å². The molecule has 1 aliphatic rings. The van der Waals surface area contributed by atoms with E-state index in [-0.39, 0.29) is 0 Å². The van der Waals surface area contributed by atoms with Crippen LogP contribution in [-0.4, -0.2) is 15.6 Å². The van der Waals surface area contributed by atoms with Crippen LogP contribution in [0.2, 0.25) is 0 Å². The fourth-order valence-electron chi connectivity index (χ4n) is 3.26. The van der Waals surface area contributed by atoms with Crippen LogP contribution in [0.1, 0.15) is 55.6 Å². The van der Waals surface area contributed by atoms with Crippen molar-refractivity contribution in [1.82, 2.24) is 9.55 Å². The van der Waals surface area contributed by atoms with E-state index in [2.05, 4.69) is 47.4 Å².